The fourth-order valence-corrected chi connectivity index (χ4v) is 3.09. The number of fused-ring (bicyclic) bond motifs is 1. The number of anilines is 1. The standard InChI is InChI=1S/C18H20F3N5O3/c1-17(2,3)29-16(28)25-7-5-12-10(14(25)27)8-13(26(12)9-18(19,20)21)11-4-6-23-15(22)24-11/h4,6,8H,5,7,9H2,1-3H3,(H2,22,23,24). The first kappa shape index (κ1) is 20.6. The van der Waals surface area contributed by atoms with Crippen molar-refractivity contribution in [3.05, 3.63) is 29.6 Å². The number of ether oxygens (including phenoxy) is 1. The Kier molecular flexibility index (Phi) is 5.01. The summed E-state index contributed by atoms with van der Waals surface area (Å²) >= 11 is 0. The Morgan fingerprint density at radius 2 is 2.00 bits per heavy atom. The number of carbonyl (C=O) groups is 2. The second-order valence-electron chi connectivity index (χ2n) is 7.58. The molecule has 2 N–H and O–H groups in total. The Labute approximate surface area is 164 Å². The van der Waals surface area contributed by atoms with Crippen LogP contribution in [0.5, 0.6) is 0 Å². The van der Waals surface area contributed by atoms with E-state index in [0.29, 0.717) is 0 Å². The monoisotopic (exact) mass is 411 g/mol. The van der Waals surface area contributed by atoms with Gasteiger partial charge in [-0.05, 0) is 32.9 Å². The summed E-state index contributed by atoms with van der Waals surface area (Å²) in [6.07, 6.45) is -4.00. The normalized spacial score (nSPS) is 14.7. The van der Waals surface area contributed by atoms with Crippen molar-refractivity contribution >= 4 is 17.9 Å². The molecule has 0 unspecified atom stereocenters. The minimum Gasteiger partial charge on any atom is -0.443 e. The molecule has 0 aromatic carbocycles. The highest BCUT2D eigenvalue weighted by molar-refractivity contribution is 6.05. The predicted molar refractivity (Wildman–Crippen MR) is 96.9 cm³/mol. The maximum absolute atomic E-state index is 13.2. The Morgan fingerprint density at radius 1 is 1.31 bits per heavy atom. The van der Waals surface area contributed by atoms with Gasteiger partial charge in [-0.15, -0.1) is 0 Å². The average molecular weight is 411 g/mol. The van der Waals surface area contributed by atoms with Gasteiger partial charge in [-0.25, -0.2) is 19.7 Å². The molecule has 2 amide bonds. The van der Waals surface area contributed by atoms with Crippen LogP contribution < -0.4 is 5.73 Å². The first-order valence-electron chi connectivity index (χ1n) is 8.78. The molecule has 0 saturated heterocycles. The van der Waals surface area contributed by atoms with Gasteiger partial charge in [-0.3, -0.25) is 4.79 Å². The number of halogens is 3. The van der Waals surface area contributed by atoms with Crippen LogP contribution in [-0.2, 0) is 17.7 Å². The number of carbonyl (C=O) groups excluding carboxylic acids is 2. The van der Waals surface area contributed by atoms with Crippen LogP contribution in [0.1, 0.15) is 36.8 Å². The summed E-state index contributed by atoms with van der Waals surface area (Å²) in [5.74, 6) is -0.827. The third kappa shape index (κ3) is 4.49. The molecule has 0 fully saturated rings. The van der Waals surface area contributed by atoms with Gasteiger partial charge in [0.25, 0.3) is 5.91 Å². The van der Waals surface area contributed by atoms with Gasteiger partial charge in [0.05, 0.1) is 17.0 Å². The molecule has 0 aliphatic carbocycles. The Hall–Kier alpha value is -3.11. The van der Waals surface area contributed by atoms with Crippen molar-refractivity contribution in [1.82, 2.24) is 19.4 Å². The van der Waals surface area contributed by atoms with Crippen LogP contribution in [0.4, 0.5) is 23.9 Å². The minimum atomic E-state index is -4.52. The lowest BCUT2D eigenvalue weighted by atomic mass is 10.1. The number of aromatic nitrogens is 3. The number of imide groups is 1. The molecule has 0 radical (unpaired) electrons. The van der Waals surface area contributed by atoms with E-state index in [1.165, 1.54) is 18.3 Å². The number of hydrogen-bond donors (Lipinski definition) is 1. The van der Waals surface area contributed by atoms with Gasteiger partial charge in [0.15, 0.2) is 0 Å². The second kappa shape index (κ2) is 7.05. The zero-order valence-electron chi connectivity index (χ0n) is 16.1. The van der Waals surface area contributed by atoms with Gasteiger partial charge in [0.2, 0.25) is 5.95 Å². The van der Waals surface area contributed by atoms with Gasteiger partial charge in [0.1, 0.15) is 12.1 Å². The molecule has 11 heteroatoms. The summed E-state index contributed by atoms with van der Waals surface area (Å²) in [7, 11) is 0. The summed E-state index contributed by atoms with van der Waals surface area (Å²) in [5, 5.41) is 0. The summed E-state index contributed by atoms with van der Waals surface area (Å²) < 4.78 is 45.8. The highest BCUT2D eigenvalue weighted by Crippen LogP contribution is 2.32. The van der Waals surface area contributed by atoms with Crippen molar-refractivity contribution in [2.75, 3.05) is 12.3 Å². The fourth-order valence-electron chi connectivity index (χ4n) is 3.09. The second-order valence-corrected chi connectivity index (χ2v) is 7.58. The van der Waals surface area contributed by atoms with Crippen LogP contribution in [0.3, 0.4) is 0 Å². The van der Waals surface area contributed by atoms with Crippen molar-refractivity contribution in [3.8, 4) is 11.4 Å². The quantitative estimate of drug-likeness (QED) is 0.815. The highest BCUT2D eigenvalue weighted by Gasteiger charge is 2.38. The summed E-state index contributed by atoms with van der Waals surface area (Å²) in [5.41, 5.74) is 5.13. The molecular formula is C18H20F3N5O3. The number of nitrogens with zero attached hydrogens (tertiary/aromatic N) is 4. The van der Waals surface area contributed by atoms with Crippen LogP contribution in [0.25, 0.3) is 11.4 Å². The Bertz CT molecular complexity index is 963. The fraction of sp³-hybridized carbons (Fsp3) is 0.444. The largest absolute Gasteiger partial charge is 0.443 e. The molecule has 8 nitrogen and oxygen atoms in total. The molecule has 3 rings (SSSR count). The minimum absolute atomic E-state index is 0.00135. The molecule has 2 aromatic heterocycles. The molecule has 1 aliphatic heterocycles. The lowest BCUT2D eigenvalue weighted by Crippen LogP contribution is -2.44. The number of rotatable bonds is 2. The molecule has 0 atom stereocenters. The molecule has 0 bridgehead atoms. The molecule has 156 valence electrons. The number of nitrogen functional groups attached to an aromatic ring is 1. The summed E-state index contributed by atoms with van der Waals surface area (Å²) in [6.45, 7) is 3.57. The number of alkyl halides is 3. The van der Waals surface area contributed by atoms with Crippen molar-refractivity contribution < 1.29 is 27.5 Å². The van der Waals surface area contributed by atoms with Gasteiger partial charge in [-0.1, -0.05) is 0 Å². The molecular weight excluding hydrogens is 391 g/mol. The van der Waals surface area contributed by atoms with Gasteiger partial charge in [0, 0.05) is 24.9 Å². The van der Waals surface area contributed by atoms with E-state index in [0.717, 1.165) is 9.47 Å². The van der Waals surface area contributed by atoms with Crippen LogP contribution in [-0.4, -0.2) is 49.8 Å². The maximum atomic E-state index is 13.2. The van der Waals surface area contributed by atoms with E-state index < -0.39 is 30.3 Å². The number of amides is 2. The summed E-state index contributed by atoms with van der Waals surface area (Å²) in [4.78, 5) is 33.8. The SMILES string of the molecule is CC(C)(C)OC(=O)N1CCc2c(cc(-c3ccnc(N)n3)n2CC(F)(F)F)C1=O. The predicted octanol–water partition coefficient (Wildman–Crippen LogP) is 3.02. The van der Waals surface area contributed by atoms with E-state index >= 15 is 0 Å². The van der Waals surface area contributed by atoms with E-state index in [4.69, 9.17) is 10.5 Å². The smallest absolute Gasteiger partial charge is 0.417 e. The van der Waals surface area contributed by atoms with Crippen LogP contribution in [0.2, 0.25) is 0 Å². The topological polar surface area (TPSA) is 103 Å². The summed E-state index contributed by atoms with van der Waals surface area (Å²) in [6, 6.07) is 2.70. The van der Waals surface area contributed by atoms with Gasteiger partial charge < -0.3 is 15.0 Å². The zero-order valence-corrected chi connectivity index (χ0v) is 16.1. The zero-order chi connectivity index (χ0) is 21.6. The molecule has 0 spiro atoms. The van der Waals surface area contributed by atoms with Crippen LogP contribution >= 0.6 is 0 Å². The molecule has 0 saturated carbocycles. The lowest BCUT2D eigenvalue weighted by Gasteiger charge is -2.29. The Morgan fingerprint density at radius 3 is 2.59 bits per heavy atom. The van der Waals surface area contributed by atoms with Crippen molar-refractivity contribution in [1.29, 1.82) is 0 Å². The highest BCUT2D eigenvalue weighted by atomic mass is 19.4. The van der Waals surface area contributed by atoms with Crippen molar-refractivity contribution in [2.45, 2.75) is 45.5 Å². The maximum Gasteiger partial charge on any atom is 0.417 e. The van der Waals surface area contributed by atoms with Crippen LogP contribution in [0, 0.1) is 0 Å². The third-order valence-electron chi connectivity index (χ3n) is 4.14. The molecule has 3 heterocycles. The third-order valence-corrected chi connectivity index (χ3v) is 4.14. The Balaban J connectivity index is 2.05. The van der Waals surface area contributed by atoms with E-state index in [1.54, 1.807) is 20.8 Å². The number of hydrogen-bond acceptors (Lipinski definition) is 6. The van der Waals surface area contributed by atoms with E-state index in [2.05, 4.69) is 9.97 Å². The molecule has 2 aromatic rings. The molecule has 29 heavy (non-hydrogen) atoms. The van der Waals surface area contributed by atoms with Gasteiger partial charge in [-0.2, -0.15) is 13.2 Å². The first-order chi connectivity index (χ1) is 13.4. The number of nitrogens with two attached hydrogens (primary N) is 1. The van der Waals surface area contributed by atoms with Gasteiger partial charge >= 0.3 is 12.3 Å². The molecule has 1 aliphatic rings. The van der Waals surface area contributed by atoms with E-state index in [9.17, 15) is 22.8 Å². The average Bonchev–Trinajstić information content (AvgIpc) is 2.91. The van der Waals surface area contributed by atoms with Crippen molar-refractivity contribution in [3.63, 3.8) is 0 Å². The van der Waals surface area contributed by atoms with E-state index in [-0.39, 0.29) is 41.6 Å². The lowest BCUT2D eigenvalue weighted by molar-refractivity contribution is -0.140. The first-order valence-corrected chi connectivity index (χ1v) is 8.78. The van der Waals surface area contributed by atoms with Crippen molar-refractivity contribution in [2.24, 2.45) is 0 Å². The van der Waals surface area contributed by atoms with E-state index in [1.807, 2.05) is 0 Å². The van der Waals surface area contributed by atoms with Crippen LogP contribution in [0.15, 0.2) is 18.3 Å².